The lowest BCUT2D eigenvalue weighted by molar-refractivity contribution is -0.155. The monoisotopic (exact) mass is 346 g/mol. The van der Waals surface area contributed by atoms with Crippen molar-refractivity contribution in [2.45, 2.75) is 65.3 Å². The zero-order valence-electron chi connectivity index (χ0n) is 15.3. The predicted molar refractivity (Wildman–Crippen MR) is 92.5 cm³/mol. The zero-order valence-corrected chi connectivity index (χ0v) is 15.3. The third-order valence-electron chi connectivity index (χ3n) is 6.15. The highest BCUT2D eigenvalue weighted by atomic mass is 16.6. The Morgan fingerprint density at radius 2 is 2.16 bits per heavy atom. The third-order valence-corrected chi connectivity index (χ3v) is 6.15. The topological polar surface area (TPSA) is 72.8 Å². The minimum atomic E-state index is -0.566. The molecule has 25 heavy (non-hydrogen) atoms. The molecule has 0 aromatic carbocycles. The van der Waals surface area contributed by atoms with Crippen molar-refractivity contribution in [1.29, 1.82) is 0 Å². The van der Waals surface area contributed by atoms with E-state index in [0.29, 0.717) is 24.0 Å². The number of hydrogen-bond donors (Lipinski definition) is 1. The maximum absolute atomic E-state index is 12.3. The Balaban J connectivity index is 2.03. The predicted octanol–water partition coefficient (Wildman–Crippen LogP) is 2.84. The molecule has 1 saturated heterocycles. The number of aliphatic hydroxyl groups excluding tert-OH is 1. The van der Waals surface area contributed by atoms with Crippen LogP contribution in [0.15, 0.2) is 34.9 Å². The van der Waals surface area contributed by atoms with Gasteiger partial charge in [-0.3, -0.25) is 0 Å². The van der Waals surface area contributed by atoms with Crippen LogP contribution in [0.4, 0.5) is 0 Å². The summed E-state index contributed by atoms with van der Waals surface area (Å²) in [7, 11) is 0. The molecular formula is C20H26O5. The largest absolute Gasteiger partial charge is 0.458 e. The van der Waals surface area contributed by atoms with Crippen molar-refractivity contribution in [2.24, 2.45) is 11.3 Å². The van der Waals surface area contributed by atoms with Crippen LogP contribution < -0.4 is 0 Å². The molecule has 1 N–H and O–H groups in total. The number of carbonyl (C=O) groups is 2. The van der Waals surface area contributed by atoms with Gasteiger partial charge in [0.1, 0.15) is 12.2 Å². The Hall–Kier alpha value is -1.88. The molecule has 5 nitrogen and oxygen atoms in total. The summed E-state index contributed by atoms with van der Waals surface area (Å²) in [4.78, 5) is 24.5. The van der Waals surface area contributed by atoms with Crippen LogP contribution in [0.25, 0.3) is 0 Å². The first-order valence-electron chi connectivity index (χ1n) is 8.82. The summed E-state index contributed by atoms with van der Waals surface area (Å²) < 4.78 is 11.4. The van der Waals surface area contributed by atoms with Crippen LogP contribution in [-0.2, 0) is 19.1 Å². The van der Waals surface area contributed by atoms with Crippen LogP contribution >= 0.6 is 0 Å². The van der Waals surface area contributed by atoms with Crippen molar-refractivity contribution in [3.8, 4) is 0 Å². The van der Waals surface area contributed by atoms with Gasteiger partial charge in [0.25, 0.3) is 0 Å². The molecule has 5 atom stereocenters. The van der Waals surface area contributed by atoms with Gasteiger partial charge in [0.05, 0.1) is 12.0 Å². The molecule has 1 aliphatic heterocycles. The molecule has 5 heteroatoms. The van der Waals surface area contributed by atoms with Crippen LogP contribution in [0.1, 0.15) is 47.0 Å². The van der Waals surface area contributed by atoms with Gasteiger partial charge < -0.3 is 14.6 Å². The molecule has 0 radical (unpaired) electrons. The van der Waals surface area contributed by atoms with E-state index >= 15 is 0 Å². The summed E-state index contributed by atoms with van der Waals surface area (Å²) in [5.41, 5.74) is 2.43. The van der Waals surface area contributed by atoms with Crippen molar-refractivity contribution in [2.75, 3.05) is 0 Å². The van der Waals surface area contributed by atoms with E-state index in [1.165, 1.54) is 0 Å². The molecule has 0 aromatic heterocycles. The minimum Gasteiger partial charge on any atom is -0.458 e. The van der Waals surface area contributed by atoms with E-state index < -0.39 is 35.7 Å². The molecule has 2 aliphatic carbocycles. The van der Waals surface area contributed by atoms with Gasteiger partial charge in [-0.05, 0) is 45.6 Å². The molecule has 1 heterocycles. The number of carbonyl (C=O) groups excluding carboxylic acids is 2. The Labute approximate surface area is 148 Å². The van der Waals surface area contributed by atoms with Crippen LogP contribution in [0.2, 0.25) is 0 Å². The number of rotatable bonds is 2. The van der Waals surface area contributed by atoms with Gasteiger partial charge in [-0.25, -0.2) is 9.59 Å². The van der Waals surface area contributed by atoms with E-state index in [1.54, 1.807) is 19.9 Å². The van der Waals surface area contributed by atoms with Crippen LogP contribution in [-0.4, -0.2) is 35.4 Å². The Bertz CT molecular complexity index is 701. The molecule has 3 aliphatic rings. The lowest BCUT2D eigenvalue weighted by Gasteiger charge is -2.50. The van der Waals surface area contributed by atoms with E-state index in [-0.39, 0.29) is 5.92 Å². The standard InChI is InChI=1S/C20H26O5/c1-6-10(2)18(22)24-13-9-20(5)14(21)8-7-11(3)16(20)17-15(13)12(4)19(23)25-17/h6,13-15,17,21H,4,7-9H2,1-3,5H3/b10-6+/t13-,14+,15+,17-,20-/m0/s1. The first-order valence-corrected chi connectivity index (χ1v) is 8.82. The average molecular weight is 346 g/mol. The van der Waals surface area contributed by atoms with E-state index in [9.17, 15) is 14.7 Å². The molecule has 0 bridgehead atoms. The van der Waals surface area contributed by atoms with Gasteiger partial charge in [0.2, 0.25) is 0 Å². The van der Waals surface area contributed by atoms with E-state index in [2.05, 4.69) is 6.58 Å². The summed E-state index contributed by atoms with van der Waals surface area (Å²) in [5, 5.41) is 10.7. The molecule has 136 valence electrons. The third kappa shape index (κ3) is 2.65. The van der Waals surface area contributed by atoms with Crippen LogP contribution in [0, 0.1) is 11.3 Å². The smallest absolute Gasteiger partial charge is 0.334 e. The number of esters is 2. The Kier molecular flexibility index (Phi) is 4.40. The molecule has 2 fully saturated rings. The van der Waals surface area contributed by atoms with E-state index in [1.807, 2.05) is 13.8 Å². The van der Waals surface area contributed by atoms with Crippen LogP contribution in [0.5, 0.6) is 0 Å². The quantitative estimate of drug-likeness (QED) is 0.473. The second-order valence-corrected chi connectivity index (χ2v) is 7.66. The lowest BCUT2D eigenvalue weighted by atomic mass is 9.58. The molecular weight excluding hydrogens is 320 g/mol. The first-order chi connectivity index (χ1) is 11.7. The molecule has 1 saturated carbocycles. The molecule has 0 amide bonds. The second-order valence-electron chi connectivity index (χ2n) is 7.66. The van der Waals surface area contributed by atoms with Gasteiger partial charge in [-0.1, -0.05) is 25.2 Å². The van der Waals surface area contributed by atoms with Crippen LogP contribution in [0.3, 0.4) is 0 Å². The molecule has 3 rings (SSSR count). The second kappa shape index (κ2) is 6.13. The van der Waals surface area contributed by atoms with Crippen molar-refractivity contribution >= 4 is 11.9 Å². The summed E-state index contributed by atoms with van der Waals surface area (Å²) in [6.45, 7) is 11.4. The number of hydrogen-bond acceptors (Lipinski definition) is 5. The van der Waals surface area contributed by atoms with E-state index in [4.69, 9.17) is 9.47 Å². The van der Waals surface area contributed by atoms with Gasteiger partial charge in [0.15, 0.2) is 0 Å². The highest BCUT2D eigenvalue weighted by Crippen LogP contribution is 2.56. The van der Waals surface area contributed by atoms with Crippen molar-refractivity contribution in [3.05, 3.63) is 34.9 Å². The first kappa shape index (κ1) is 17.9. The average Bonchev–Trinajstić information content (AvgIpc) is 2.85. The van der Waals surface area contributed by atoms with Gasteiger partial charge in [-0.15, -0.1) is 0 Å². The zero-order chi connectivity index (χ0) is 18.5. The summed E-state index contributed by atoms with van der Waals surface area (Å²) in [6.07, 6.45) is 2.00. The highest BCUT2D eigenvalue weighted by molar-refractivity contribution is 5.92. The van der Waals surface area contributed by atoms with Crippen molar-refractivity contribution < 1.29 is 24.2 Å². The van der Waals surface area contributed by atoms with Gasteiger partial charge in [-0.2, -0.15) is 0 Å². The number of ether oxygens (including phenoxy) is 2. The summed E-state index contributed by atoms with van der Waals surface area (Å²) >= 11 is 0. The molecule has 0 aromatic rings. The fourth-order valence-electron chi connectivity index (χ4n) is 4.54. The minimum absolute atomic E-state index is 0.350. The Morgan fingerprint density at radius 1 is 1.48 bits per heavy atom. The number of fused-ring (bicyclic) bond motifs is 3. The molecule has 0 unspecified atom stereocenters. The SMILES string of the molecule is C=C1C(=O)O[C@@H]2C3=C(C)CC[C@@H](O)[C@]3(C)C[C@H](OC(=O)/C(C)=C/C)[C@@H]12. The highest BCUT2D eigenvalue weighted by Gasteiger charge is 2.59. The maximum Gasteiger partial charge on any atom is 0.334 e. The van der Waals surface area contributed by atoms with Crippen molar-refractivity contribution in [1.82, 2.24) is 0 Å². The van der Waals surface area contributed by atoms with Crippen molar-refractivity contribution in [3.63, 3.8) is 0 Å². The normalized spacial score (nSPS) is 38.2. The summed E-state index contributed by atoms with van der Waals surface area (Å²) in [6, 6.07) is 0. The Morgan fingerprint density at radius 3 is 2.80 bits per heavy atom. The lowest BCUT2D eigenvalue weighted by Crippen LogP contribution is -2.53. The van der Waals surface area contributed by atoms with Gasteiger partial charge in [0, 0.05) is 16.6 Å². The summed E-state index contributed by atoms with van der Waals surface area (Å²) in [5.74, 6) is -1.23. The van der Waals surface area contributed by atoms with E-state index in [0.717, 1.165) is 17.6 Å². The fraction of sp³-hybridized carbons (Fsp3) is 0.600. The number of aliphatic hydroxyl groups is 1. The van der Waals surface area contributed by atoms with Gasteiger partial charge >= 0.3 is 11.9 Å². The molecule has 0 spiro atoms. The fourth-order valence-corrected chi connectivity index (χ4v) is 4.54. The maximum atomic E-state index is 12.3. The number of allylic oxidation sites excluding steroid dienone is 2.